The highest BCUT2D eigenvalue weighted by molar-refractivity contribution is 5.98. The molecule has 0 spiro atoms. The first-order valence-electron chi connectivity index (χ1n) is 22.1. The molecule has 2 rings (SSSR count). The van der Waals surface area contributed by atoms with Gasteiger partial charge in [-0.25, -0.2) is 4.68 Å². The van der Waals surface area contributed by atoms with Crippen molar-refractivity contribution < 1.29 is 38.3 Å². The van der Waals surface area contributed by atoms with Crippen LogP contribution in [0, 0.1) is 5.92 Å². The van der Waals surface area contributed by atoms with E-state index in [4.69, 9.17) is 16.2 Å². The van der Waals surface area contributed by atoms with Crippen LogP contribution < -0.4 is 59.3 Å². The van der Waals surface area contributed by atoms with Crippen LogP contribution >= 0.6 is 0 Å². The van der Waals surface area contributed by atoms with E-state index in [1.165, 1.54) is 6.92 Å². The molecule has 1 heterocycles. The molecule has 0 fully saturated rings. The van der Waals surface area contributed by atoms with Crippen molar-refractivity contribution in [2.24, 2.45) is 17.4 Å². The molecule has 7 amide bonds. The van der Waals surface area contributed by atoms with Gasteiger partial charge in [0.05, 0.1) is 38.3 Å². The van der Waals surface area contributed by atoms with Crippen molar-refractivity contribution in [1.29, 1.82) is 0 Å². The van der Waals surface area contributed by atoms with Gasteiger partial charge in [-0.2, -0.15) is 0 Å². The first-order chi connectivity index (χ1) is 30.8. The fourth-order valence-corrected chi connectivity index (χ4v) is 6.24. The lowest BCUT2D eigenvalue weighted by Crippen LogP contribution is -2.59. The molecule has 0 unspecified atom stereocenters. The Balaban J connectivity index is 2.23. The van der Waals surface area contributed by atoms with Crippen molar-refractivity contribution in [1.82, 2.24) is 62.8 Å². The smallest absolute Gasteiger partial charge is 0.243 e. The number of carbonyl (C=O) groups excluding carboxylic acids is 7. The highest BCUT2D eigenvalue weighted by atomic mass is 16.5. The number of ether oxygens (including phenoxy) is 1. The Labute approximate surface area is 376 Å². The molecular weight excluding hydrogens is 829 g/mol. The molecule has 0 saturated heterocycles. The number of carbonyl (C=O) groups is 7. The Morgan fingerprint density at radius 3 is 1.80 bits per heavy atom. The van der Waals surface area contributed by atoms with Gasteiger partial charge in [-0.3, -0.25) is 33.6 Å². The molecule has 4 atom stereocenters. The van der Waals surface area contributed by atoms with Crippen molar-refractivity contribution >= 4 is 41.4 Å². The molecular formula is C42H72N14O8. The predicted octanol–water partition coefficient (Wildman–Crippen LogP) is -3.28. The molecule has 0 saturated carbocycles. The maximum Gasteiger partial charge on any atom is 0.243 e. The summed E-state index contributed by atoms with van der Waals surface area (Å²) < 4.78 is 7.41. The SMILES string of the molecule is CCCc1cn(CCOCCNC(=O)[C@H](Cc2ccccc2)NC(=O)[C@@H](CC(C)C)NC(=O)[C@H](CC(=O)NCCNCCN)NC(=O)[C@@H](CC(=O)NCCNCCN)NC(C)=O)nn1. The third-order valence-corrected chi connectivity index (χ3v) is 9.35. The van der Waals surface area contributed by atoms with Gasteiger partial charge in [-0.05, 0) is 24.3 Å². The minimum Gasteiger partial charge on any atom is -0.378 e. The normalized spacial score (nSPS) is 12.9. The highest BCUT2D eigenvalue weighted by Gasteiger charge is 2.33. The average molecular weight is 901 g/mol. The standard InChI is InChI=1S/C42H72N14O8/c1-5-9-32-28-56(55-54-32)21-23-64-22-20-49-39(60)34(25-31-10-7-6-8-11-31)52-40(61)33(24-29(2)3)51-42(63)36(27-38(59)48-19-17-46-15-13-44)53-41(62)35(50-30(4)57)26-37(58)47-18-16-45-14-12-43/h6-8,10-11,28-29,33-36,45-46H,5,9,12-27,43-44H2,1-4H3,(H,47,58)(H,48,59)(H,49,60)(H,50,57)(H,51,63)(H,52,61)(H,53,62)/t33-,34+,35-,36+/m1/s1. The third-order valence-electron chi connectivity index (χ3n) is 9.35. The van der Waals surface area contributed by atoms with Crippen molar-refractivity contribution in [2.75, 3.05) is 72.1 Å². The third kappa shape index (κ3) is 23.8. The Kier molecular flexibility index (Phi) is 27.4. The van der Waals surface area contributed by atoms with E-state index in [-0.39, 0.29) is 45.0 Å². The van der Waals surface area contributed by atoms with Gasteiger partial charge in [0.2, 0.25) is 41.4 Å². The zero-order valence-corrected chi connectivity index (χ0v) is 37.8. The number of hydrogen-bond donors (Lipinski definition) is 11. The van der Waals surface area contributed by atoms with Gasteiger partial charge >= 0.3 is 0 Å². The summed E-state index contributed by atoms with van der Waals surface area (Å²) in [7, 11) is 0. The van der Waals surface area contributed by atoms with E-state index in [9.17, 15) is 33.6 Å². The van der Waals surface area contributed by atoms with Crippen LogP contribution in [0.25, 0.3) is 0 Å². The van der Waals surface area contributed by atoms with E-state index in [2.05, 4.69) is 65.1 Å². The van der Waals surface area contributed by atoms with Crippen molar-refractivity contribution in [3.8, 4) is 0 Å². The zero-order chi connectivity index (χ0) is 47.1. The lowest BCUT2D eigenvalue weighted by molar-refractivity contribution is -0.136. The maximum absolute atomic E-state index is 14.1. The first kappa shape index (κ1) is 54.6. The monoisotopic (exact) mass is 901 g/mol. The topological polar surface area (TPSA) is 320 Å². The van der Waals surface area contributed by atoms with E-state index < -0.39 is 78.4 Å². The molecule has 0 aliphatic carbocycles. The number of amides is 7. The minimum atomic E-state index is -1.54. The number of hydrogen-bond acceptors (Lipinski definition) is 14. The summed E-state index contributed by atoms with van der Waals surface area (Å²) in [6, 6.07) is 3.90. The predicted molar refractivity (Wildman–Crippen MR) is 240 cm³/mol. The average Bonchev–Trinajstić information content (AvgIpc) is 3.70. The number of benzene rings is 1. The Morgan fingerprint density at radius 2 is 1.23 bits per heavy atom. The van der Waals surface area contributed by atoms with E-state index in [1.54, 1.807) is 4.68 Å². The zero-order valence-electron chi connectivity index (χ0n) is 37.8. The van der Waals surface area contributed by atoms with Crippen LogP contribution in [0.1, 0.15) is 64.6 Å². The summed E-state index contributed by atoms with van der Waals surface area (Å²) in [6.45, 7) is 11.2. The van der Waals surface area contributed by atoms with E-state index in [0.717, 1.165) is 24.1 Å². The van der Waals surface area contributed by atoms with Crippen LogP contribution in [-0.4, -0.2) is 153 Å². The largest absolute Gasteiger partial charge is 0.378 e. The molecule has 2 aromatic rings. The quantitative estimate of drug-likeness (QED) is 0.0307. The van der Waals surface area contributed by atoms with Crippen LogP contribution in [0.2, 0.25) is 0 Å². The molecule has 22 heteroatoms. The van der Waals surface area contributed by atoms with Gasteiger partial charge < -0.3 is 64.1 Å². The maximum atomic E-state index is 14.1. The van der Waals surface area contributed by atoms with Gasteiger partial charge in [-0.1, -0.05) is 62.7 Å². The molecule has 1 aromatic carbocycles. The second kappa shape index (κ2) is 32.2. The molecule has 358 valence electrons. The molecule has 0 aliphatic heterocycles. The van der Waals surface area contributed by atoms with Crippen LogP contribution in [-0.2, 0) is 57.7 Å². The van der Waals surface area contributed by atoms with Gasteiger partial charge in [0, 0.05) is 78.4 Å². The van der Waals surface area contributed by atoms with E-state index >= 15 is 0 Å². The second-order valence-electron chi connectivity index (χ2n) is 15.6. The molecule has 1 aromatic heterocycles. The Morgan fingerprint density at radius 1 is 0.672 bits per heavy atom. The van der Waals surface area contributed by atoms with Gasteiger partial charge in [0.25, 0.3) is 0 Å². The minimum absolute atomic E-state index is 0.129. The number of nitrogens with zero attached hydrogens (tertiary/aromatic N) is 3. The van der Waals surface area contributed by atoms with Crippen molar-refractivity contribution in [3.63, 3.8) is 0 Å². The summed E-state index contributed by atoms with van der Waals surface area (Å²) in [5.74, 6) is -4.81. The molecule has 22 nitrogen and oxygen atoms in total. The molecule has 13 N–H and O–H groups in total. The van der Waals surface area contributed by atoms with Gasteiger partial charge in [-0.15, -0.1) is 5.10 Å². The Hall–Kier alpha value is -5.55. The summed E-state index contributed by atoms with van der Waals surface area (Å²) >= 11 is 0. The van der Waals surface area contributed by atoms with E-state index in [1.807, 2.05) is 50.4 Å². The number of aryl methyl sites for hydroxylation is 1. The van der Waals surface area contributed by atoms with Crippen LogP contribution in [0.5, 0.6) is 0 Å². The number of nitrogens with two attached hydrogens (primary N) is 2. The first-order valence-corrected chi connectivity index (χ1v) is 22.1. The number of aromatic nitrogens is 3. The summed E-state index contributed by atoms with van der Waals surface area (Å²) in [5, 5.41) is 32.9. The Bertz CT molecular complexity index is 1710. The van der Waals surface area contributed by atoms with Gasteiger partial charge in [0.15, 0.2) is 0 Å². The molecule has 0 aliphatic rings. The summed E-state index contributed by atoms with van der Waals surface area (Å²) in [4.78, 5) is 93.5. The van der Waals surface area contributed by atoms with Crippen molar-refractivity contribution in [2.45, 2.75) is 96.9 Å². The molecule has 0 radical (unpaired) electrons. The fourth-order valence-electron chi connectivity index (χ4n) is 6.24. The van der Waals surface area contributed by atoms with Crippen LogP contribution in [0.15, 0.2) is 36.5 Å². The lowest BCUT2D eigenvalue weighted by Gasteiger charge is -2.27. The number of rotatable bonds is 34. The highest BCUT2D eigenvalue weighted by Crippen LogP contribution is 2.10. The lowest BCUT2D eigenvalue weighted by atomic mass is 10.0. The number of nitrogens with one attached hydrogen (secondary N) is 9. The second-order valence-corrected chi connectivity index (χ2v) is 15.6. The fraction of sp³-hybridized carbons (Fsp3) is 0.643. The van der Waals surface area contributed by atoms with Crippen molar-refractivity contribution in [3.05, 3.63) is 47.8 Å². The van der Waals surface area contributed by atoms with Crippen LogP contribution in [0.4, 0.5) is 0 Å². The summed E-state index contributed by atoms with van der Waals surface area (Å²) in [5.41, 5.74) is 12.7. The molecule has 0 bridgehead atoms. The van der Waals surface area contributed by atoms with E-state index in [0.29, 0.717) is 52.4 Å². The van der Waals surface area contributed by atoms with Gasteiger partial charge in [0.1, 0.15) is 24.2 Å². The summed E-state index contributed by atoms with van der Waals surface area (Å²) in [6.07, 6.45) is 2.93. The molecule has 64 heavy (non-hydrogen) atoms. The van der Waals surface area contributed by atoms with Crippen LogP contribution in [0.3, 0.4) is 0 Å².